The summed E-state index contributed by atoms with van der Waals surface area (Å²) in [7, 11) is 0. The number of hydrogen-bond acceptors (Lipinski definition) is 3. The molecule has 0 radical (unpaired) electrons. The molecule has 0 spiro atoms. The molecular weight excluding hydrogens is 310 g/mol. The van der Waals surface area contributed by atoms with E-state index in [1.807, 2.05) is 12.1 Å². The predicted octanol–water partition coefficient (Wildman–Crippen LogP) is 6.50. The highest BCUT2D eigenvalue weighted by Gasteiger charge is 2.03. The molecule has 0 fully saturated rings. The van der Waals surface area contributed by atoms with Gasteiger partial charge in [0.15, 0.2) is 0 Å². The van der Waals surface area contributed by atoms with Crippen molar-refractivity contribution in [3.8, 4) is 0 Å². The average Bonchev–Trinajstić information content (AvgIpc) is 2.56. The van der Waals surface area contributed by atoms with Gasteiger partial charge in [0.25, 0.3) is 0 Å². The highest BCUT2D eigenvalue weighted by atomic mass is 32.2. The van der Waals surface area contributed by atoms with Crippen LogP contribution in [0.2, 0.25) is 0 Å². The van der Waals surface area contributed by atoms with E-state index in [9.17, 15) is 0 Å². The lowest BCUT2D eigenvalue weighted by Gasteiger charge is -2.07. The molecule has 0 saturated heterocycles. The summed E-state index contributed by atoms with van der Waals surface area (Å²) < 4.78 is 1.25. The van der Waals surface area contributed by atoms with Crippen molar-refractivity contribution in [3.05, 3.63) is 81.4 Å². The summed E-state index contributed by atoms with van der Waals surface area (Å²) in [6, 6.07) is 20.7. The Morgan fingerprint density at radius 1 is 0.955 bits per heavy atom. The number of azide groups is 1. The molecule has 0 heterocycles. The van der Waals surface area contributed by atoms with Gasteiger partial charge < -0.3 is 0 Å². The monoisotopic (exact) mass is 327 g/mol. The molecule has 0 saturated carbocycles. The highest BCUT2D eigenvalue weighted by molar-refractivity contribution is 8.22. The Kier molecular flexibility index (Phi) is 7.53. The van der Waals surface area contributed by atoms with E-state index >= 15 is 0 Å². The Labute approximate surface area is 139 Å². The van der Waals surface area contributed by atoms with Crippen molar-refractivity contribution in [1.82, 2.24) is 0 Å². The van der Waals surface area contributed by atoms with Crippen LogP contribution in [0.4, 0.5) is 0 Å². The Balaban J connectivity index is 2.02. The normalized spacial score (nSPS) is 9.82. The zero-order valence-corrected chi connectivity index (χ0v) is 13.8. The highest BCUT2D eigenvalue weighted by Crippen LogP contribution is 2.39. The molecule has 0 aliphatic heterocycles. The van der Waals surface area contributed by atoms with Gasteiger partial charge in [-0.25, -0.2) is 0 Å². The van der Waals surface area contributed by atoms with E-state index < -0.39 is 0 Å². The van der Waals surface area contributed by atoms with Gasteiger partial charge in [-0.15, -0.1) is 0 Å². The Morgan fingerprint density at radius 3 is 2.00 bits per heavy atom. The molecule has 3 nitrogen and oxygen atoms in total. The summed E-state index contributed by atoms with van der Waals surface area (Å²) >= 11 is 3.54. The molecule has 0 atom stereocenters. The minimum atomic E-state index is 0.548. The average molecular weight is 327 g/mol. The smallest absolute Gasteiger partial charge is 0.0458 e. The minimum absolute atomic E-state index is 0.548. The van der Waals surface area contributed by atoms with Gasteiger partial charge in [-0.2, -0.15) is 0 Å². The molecule has 22 heavy (non-hydrogen) atoms. The fraction of sp³-hybridized carbons (Fsp3) is 0.176. The van der Waals surface area contributed by atoms with Crippen molar-refractivity contribution in [2.24, 2.45) is 5.11 Å². The molecule has 0 aromatic heterocycles. The van der Waals surface area contributed by atoms with Gasteiger partial charge in [-0.3, -0.25) is 0 Å². The summed E-state index contributed by atoms with van der Waals surface area (Å²) in [5.74, 6) is 0. The summed E-state index contributed by atoms with van der Waals surface area (Å²) in [6.07, 6.45) is 4.01. The first-order valence-electron chi connectivity index (χ1n) is 7.05. The van der Waals surface area contributed by atoms with Crippen LogP contribution >= 0.6 is 23.5 Å². The van der Waals surface area contributed by atoms with E-state index in [1.54, 1.807) is 23.5 Å². The first-order chi connectivity index (χ1) is 10.9. The second-order valence-electron chi connectivity index (χ2n) is 4.45. The zero-order chi connectivity index (χ0) is 15.5. The second-order valence-corrected chi connectivity index (χ2v) is 6.94. The van der Waals surface area contributed by atoms with Gasteiger partial charge in [-0.1, -0.05) is 71.1 Å². The predicted molar refractivity (Wildman–Crippen MR) is 95.9 cm³/mol. The molecule has 0 aliphatic carbocycles. The van der Waals surface area contributed by atoms with E-state index in [2.05, 4.69) is 64.6 Å². The summed E-state index contributed by atoms with van der Waals surface area (Å²) in [5, 5.41) is 3.57. The van der Waals surface area contributed by atoms with Gasteiger partial charge in [-0.05, 0) is 42.6 Å². The summed E-state index contributed by atoms with van der Waals surface area (Å²) in [6.45, 7) is 0.548. The van der Waals surface area contributed by atoms with E-state index in [4.69, 9.17) is 5.53 Å². The summed E-state index contributed by atoms with van der Waals surface area (Å²) in [4.78, 5) is 5.24. The van der Waals surface area contributed by atoms with Crippen molar-refractivity contribution in [3.63, 3.8) is 0 Å². The number of benzene rings is 2. The number of unbranched alkanes of at least 4 members (excludes halogenated alkanes) is 1. The van der Waals surface area contributed by atoms with Crippen LogP contribution in [0.15, 0.2) is 85.9 Å². The molecule has 0 unspecified atom stereocenters. The molecule has 0 N–H and O–H groups in total. The number of rotatable bonds is 8. The van der Waals surface area contributed by atoms with Gasteiger partial charge in [0, 0.05) is 25.5 Å². The molecule has 0 bridgehead atoms. The van der Waals surface area contributed by atoms with Gasteiger partial charge in [0.1, 0.15) is 0 Å². The number of nitrogens with zero attached hydrogens (tertiary/aromatic N) is 3. The van der Waals surface area contributed by atoms with Crippen LogP contribution in [0.3, 0.4) is 0 Å². The summed E-state index contributed by atoms with van der Waals surface area (Å²) in [5.41, 5.74) is 8.30. The standard InChI is InChI=1S/C17H17N3S2/c18-20-19-14-8-7-13-17(21-15-9-3-1-4-10-15)22-16-11-5-2-6-12-16/h1-6,9-13H,7-8,14H2. The lowest BCUT2D eigenvalue weighted by atomic mass is 10.3. The maximum absolute atomic E-state index is 8.30. The quantitative estimate of drug-likeness (QED) is 0.182. The van der Waals surface area contributed by atoms with Crippen molar-refractivity contribution >= 4 is 23.5 Å². The zero-order valence-electron chi connectivity index (χ0n) is 12.1. The Hall–Kier alpha value is -1.81. The van der Waals surface area contributed by atoms with Gasteiger partial charge >= 0.3 is 0 Å². The van der Waals surface area contributed by atoms with Crippen molar-refractivity contribution < 1.29 is 0 Å². The van der Waals surface area contributed by atoms with E-state index in [1.165, 1.54) is 14.0 Å². The molecule has 0 aliphatic rings. The van der Waals surface area contributed by atoms with Crippen LogP contribution in [-0.2, 0) is 0 Å². The van der Waals surface area contributed by atoms with Crippen LogP contribution in [0.1, 0.15) is 12.8 Å². The fourth-order valence-corrected chi connectivity index (χ4v) is 3.94. The van der Waals surface area contributed by atoms with Crippen LogP contribution in [-0.4, -0.2) is 6.54 Å². The first-order valence-corrected chi connectivity index (χ1v) is 8.68. The van der Waals surface area contributed by atoms with Crippen molar-refractivity contribution in [2.45, 2.75) is 22.6 Å². The lowest BCUT2D eigenvalue weighted by molar-refractivity contribution is 0.849. The topological polar surface area (TPSA) is 48.8 Å². The molecule has 5 heteroatoms. The van der Waals surface area contributed by atoms with E-state index in [0.717, 1.165) is 12.8 Å². The SMILES string of the molecule is [N-]=[N+]=NCCCC=C(Sc1ccccc1)Sc1ccccc1. The van der Waals surface area contributed by atoms with Crippen LogP contribution in [0, 0.1) is 0 Å². The largest absolute Gasteiger partial charge is 0.0940 e. The van der Waals surface area contributed by atoms with E-state index in [-0.39, 0.29) is 0 Å². The second kappa shape index (κ2) is 10.0. The maximum atomic E-state index is 8.30. The van der Waals surface area contributed by atoms with Crippen molar-refractivity contribution in [1.29, 1.82) is 0 Å². The molecule has 2 aromatic carbocycles. The van der Waals surface area contributed by atoms with E-state index in [0.29, 0.717) is 6.54 Å². The Morgan fingerprint density at radius 2 is 1.50 bits per heavy atom. The lowest BCUT2D eigenvalue weighted by Crippen LogP contribution is -1.79. The third kappa shape index (κ3) is 6.31. The van der Waals surface area contributed by atoms with Crippen molar-refractivity contribution in [2.75, 3.05) is 6.54 Å². The molecule has 2 rings (SSSR count). The van der Waals surface area contributed by atoms with Crippen LogP contribution < -0.4 is 0 Å². The third-order valence-corrected chi connectivity index (χ3v) is 5.01. The number of allylic oxidation sites excluding steroid dienone is 1. The molecule has 2 aromatic rings. The van der Waals surface area contributed by atoms with Crippen LogP contribution in [0.5, 0.6) is 0 Å². The number of hydrogen-bond donors (Lipinski definition) is 0. The number of thioether (sulfide) groups is 2. The molecular formula is C17H17N3S2. The van der Waals surface area contributed by atoms with Crippen LogP contribution in [0.25, 0.3) is 10.4 Å². The Bertz CT molecular complexity index is 592. The molecule has 0 amide bonds. The first kappa shape index (κ1) is 16.6. The third-order valence-electron chi connectivity index (χ3n) is 2.76. The molecule has 112 valence electrons. The van der Waals surface area contributed by atoms with Gasteiger partial charge in [0.05, 0.1) is 0 Å². The maximum Gasteiger partial charge on any atom is 0.0458 e. The minimum Gasteiger partial charge on any atom is -0.0940 e. The fourth-order valence-electron chi connectivity index (χ4n) is 1.74. The van der Waals surface area contributed by atoms with Gasteiger partial charge in [0.2, 0.25) is 0 Å².